The number of fused-ring (bicyclic) bond motifs is 1. The molecule has 8 nitrogen and oxygen atoms in total. The summed E-state index contributed by atoms with van der Waals surface area (Å²) in [6.07, 6.45) is 6.14. The fraction of sp³-hybridized carbons (Fsp3) is 0.800. The number of alkyl halides is 3. The molecule has 0 bridgehead atoms. The normalized spacial score (nSPS) is 13.8. The molecule has 0 unspecified atom stereocenters. The summed E-state index contributed by atoms with van der Waals surface area (Å²) in [6, 6.07) is -0.286. The first kappa shape index (κ1) is 24.9. The molecule has 0 saturated carbocycles. The molecule has 2 heterocycles. The van der Waals surface area contributed by atoms with Crippen LogP contribution in [0.25, 0.3) is 0 Å². The Morgan fingerprint density at radius 3 is 2.06 bits per heavy atom. The number of hydrogen-bond donors (Lipinski definition) is 2. The van der Waals surface area contributed by atoms with Gasteiger partial charge in [-0.15, -0.1) is 10.2 Å². The van der Waals surface area contributed by atoms with Gasteiger partial charge in [-0.1, -0.05) is 51.4 Å². The number of carboxylic acids is 1. The van der Waals surface area contributed by atoms with Crippen molar-refractivity contribution in [1.82, 2.24) is 25.0 Å². The molecule has 1 aromatic heterocycles. The number of carbonyl (C=O) groups excluding carboxylic acids is 1. The van der Waals surface area contributed by atoms with E-state index >= 15 is 0 Å². The van der Waals surface area contributed by atoms with E-state index in [1.807, 2.05) is 0 Å². The summed E-state index contributed by atoms with van der Waals surface area (Å²) in [5.41, 5.74) is 0. The van der Waals surface area contributed by atoms with Crippen molar-refractivity contribution in [2.75, 3.05) is 13.1 Å². The highest BCUT2D eigenvalue weighted by Crippen LogP contribution is 2.29. The van der Waals surface area contributed by atoms with Crippen molar-refractivity contribution in [2.24, 2.45) is 0 Å². The maximum Gasteiger partial charge on any atom is 0.451 e. The van der Waals surface area contributed by atoms with Gasteiger partial charge in [0.15, 0.2) is 5.82 Å². The van der Waals surface area contributed by atoms with Gasteiger partial charge in [0.2, 0.25) is 5.82 Å². The van der Waals surface area contributed by atoms with Crippen LogP contribution in [-0.2, 0) is 24.1 Å². The Kier molecular flexibility index (Phi) is 10.1. The number of urea groups is 1. The van der Waals surface area contributed by atoms with Crippen molar-refractivity contribution in [3.05, 3.63) is 11.6 Å². The van der Waals surface area contributed by atoms with E-state index in [2.05, 4.69) is 15.5 Å². The van der Waals surface area contributed by atoms with Crippen molar-refractivity contribution in [2.45, 2.75) is 89.9 Å². The first-order valence-corrected chi connectivity index (χ1v) is 11.0. The van der Waals surface area contributed by atoms with E-state index in [0.717, 1.165) is 55.9 Å². The quantitative estimate of drug-likeness (QED) is 0.442. The van der Waals surface area contributed by atoms with Gasteiger partial charge < -0.3 is 19.9 Å². The van der Waals surface area contributed by atoms with Crippen molar-refractivity contribution in [1.29, 1.82) is 0 Å². The monoisotopic (exact) mass is 447 g/mol. The topological polar surface area (TPSA) is 100 Å². The van der Waals surface area contributed by atoms with Crippen LogP contribution in [0.15, 0.2) is 0 Å². The molecule has 11 heteroatoms. The molecule has 1 aliphatic rings. The minimum atomic E-state index is -4.54. The molecule has 0 atom stereocenters. The maximum atomic E-state index is 12.9. The number of hydrogen-bond acceptors (Lipinski definition) is 4. The van der Waals surface area contributed by atoms with Gasteiger partial charge in [0.25, 0.3) is 0 Å². The second-order valence-electron chi connectivity index (χ2n) is 7.92. The summed E-state index contributed by atoms with van der Waals surface area (Å²) in [7, 11) is 0. The zero-order chi connectivity index (χ0) is 22.7. The number of rotatable bonds is 13. The fourth-order valence-electron chi connectivity index (χ4n) is 3.66. The van der Waals surface area contributed by atoms with Crippen LogP contribution in [0, 0.1) is 0 Å². The predicted octanol–water partition coefficient (Wildman–Crippen LogP) is 4.20. The van der Waals surface area contributed by atoms with Crippen LogP contribution >= 0.6 is 0 Å². The van der Waals surface area contributed by atoms with E-state index in [-0.39, 0.29) is 37.9 Å². The van der Waals surface area contributed by atoms with Gasteiger partial charge in [-0.2, -0.15) is 13.2 Å². The third-order valence-corrected chi connectivity index (χ3v) is 5.39. The van der Waals surface area contributed by atoms with Gasteiger partial charge in [0.05, 0.1) is 6.54 Å². The van der Waals surface area contributed by atoms with Crippen LogP contribution in [-0.4, -0.2) is 49.9 Å². The number of carbonyl (C=O) groups is 2. The summed E-state index contributed by atoms with van der Waals surface area (Å²) < 4.78 is 39.6. The molecule has 2 rings (SSSR count). The average Bonchev–Trinajstić information content (AvgIpc) is 3.14. The molecular weight excluding hydrogens is 415 g/mol. The van der Waals surface area contributed by atoms with Gasteiger partial charge in [-0.3, -0.25) is 4.79 Å². The lowest BCUT2D eigenvalue weighted by Gasteiger charge is -2.28. The molecule has 1 aromatic rings. The molecule has 176 valence electrons. The summed E-state index contributed by atoms with van der Waals surface area (Å²) in [5, 5.41) is 18.2. The molecule has 0 aromatic carbocycles. The van der Waals surface area contributed by atoms with E-state index in [9.17, 15) is 22.8 Å². The average molecular weight is 448 g/mol. The number of aromatic nitrogens is 3. The predicted molar refractivity (Wildman–Crippen MR) is 107 cm³/mol. The largest absolute Gasteiger partial charge is 0.481 e. The highest BCUT2D eigenvalue weighted by atomic mass is 19.4. The number of nitrogens with zero attached hydrogens (tertiary/aromatic N) is 4. The van der Waals surface area contributed by atoms with Gasteiger partial charge in [-0.25, -0.2) is 4.79 Å². The minimum Gasteiger partial charge on any atom is -0.481 e. The Morgan fingerprint density at radius 1 is 0.903 bits per heavy atom. The van der Waals surface area contributed by atoms with Crippen LogP contribution < -0.4 is 5.32 Å². The molecule has 0 radical (unpaired) electrons. The van der Waals surface area contributed by atoms with Gasteiger partial charge in [-0.05, 0) is 12.8 Å². The number of unbranched alkanes of at least 4 members (excludes halogenated alkanes) is 9. The van der Waals surface area contributed by atoms with Crippen molar-refractivity contribution in [3.63, 3.8) is 0 Å². The molecule has 1 aliphatic heterocycles. The van der Waals surface area contributed by atoms with Crippen LogP contribution in [0.5, 0.6) is 0 Å². The third-order valence-electron chi connectivity index (χ3n) is 5.39. The molecule has 0 spiro atoms. The second-order valence-corrected chi connectivity index (χ2v) is 7.92. The molecule has 0 fully saturated rings. The van der Waals surface area contributed by atoms with Gasteiger partial charge in [0.1, 0.15) is 0 Å². The van der Waals surface area contributed by atoms with E-state index in [1.54, 1.807) is 0 Å². The fourth-order valence-corrected chi connectivity index (χ4v) is 3.66. The first-order chi connectivity index (χ1) is 14.8. The number of amides is 2. The Balaban J connectivity index is 1.48. The molecule has 0 aliphatic carbocycles. The number of halogens is 3. The number of aliphatic carboxylic acids is 1. The summed E-state index contributed by atoms with van der Waals surface area (Å²) in [5.74, 6) is -1.59. The molecule has 0 saturated heterocycles. The minimum absolute atomic E-state index is 0.0191. The maximum absolute atomic E-state index is 12.9. The van der Waals surface area contributed by atoms with Crippen molar-refractivity contribution >= 4 is 12.0 Å². The van der Waals surface area contributed by atoms with Crippen LogP contribution in [0.2, 0.25) is 0 Å². The lowest BCUT2D eigenvalue weighted by molar-refractivity contribution is -0.148. The third kappa shape index (κ3) is 8.74. The highest BCUT2D eigenvalue weighted by molar-refractivity contribution is 5.74. The van der Waals surface area contributed by atoms with Crippen molar-refractivity contribution < 1.29 is 27.9 Å². The highest BCUT2D eigenvalue weighted by Gasteiger charge is 2.39. The standard InChI is InChI=1S/C20H32F3N5O3/c21-20(22,23)18-26-25-16-15-27(13-14-28(16)18)19(31)24-12-10-8-6-4-2-1-3-5-7-9-11-17(29)30/h1-15H2,(H,24,31)(H,29,30). The zero-order valence-electron chi connectivity index (χ0n) is 17.8. The first-order valence-electron chi connectivity index (χ1n) is 11.0. The molecular formula is C20H32F3N5O3. The smallest absolute Gasteiger partial charge is 0.451 e. The number of carboxylic acid groups (broad SMARTS) is 1. The molecule has 2 N–H and O–H groups in total. The Hall–Kier alpha value is -2.33. The summed E-state index contributed by atoms with van der Waals surface area (Å²) in [4.78, 5) is 24.1. The second kappa shape index (κ2) is 12.5. The Morgan fingerprint density at radius 2 is 1.48 bits per heavy atom. The lowest BCUT2D eigenvalue weighted by Crippen LogP contribution is -2.45. The number of nitrogens with one attached hydrogen (secondary N) is 1. The Labute approximate surface area is 180 Å². The van der Waals surface area contributed by atoms with Gasteiger partial charge in [0, 0.05) is 26.1 Å². The van der Waals surface area contributed by atoms with Gasteiger partial charge >= 0.3 is 18.2 Å². The lowest BCUT2D eigenvalue weighted by atomic mass is 10.1. The SMILES string of the molecule is O=C(O)CCCCCCCCCCCCNC(=O)N1CCn2c(nnc2C(F)(F)F)C1. The van der Waals surface area contributed by atoms with E-state index in [4.69, 9.17) is 5.11 Å². The van der Waals surface area contributed by atoms with Crippen molar-refractivity contribution in [3.8, 4) is 0 Å². The van der Waals surface area contributed by atoms with Crippen LogP contribution in [0.1, 0.15) is 82.3 Å². The zero-order valence-corrected chi connectivity index (χ0v) is 17.8. The molecule has 2 amide bonds. The Bertz CT molecular complexity index is 709. The van der Waals surface area contributed by atoms with Crippen LogP contribution in [0.4, 0.5) is 18.0 Å². The summed E-state index contributed by atoms with van der Waals surface area (Å²) >= 11 is 0. The van der Waals surface area contributed by atoms with E-state index in [0.29, 0.717) is 6.54 Å². The summed E-state index contributed by atoms with van der Waals surface area (Å²) in [6.45, 7) is 0.783. The molecule has 31 heavy (non-hydrogen) atoms. The van der Waals surface area contributed by atoms with Crippen LogP contribution in [0.3, 0.4) is 0 Å². The van der Waals surface area contributed by atoms with E-state index < -0.39 is 18.0 Å². The van der Waals surface area contributed by atoms with E-state index in [1.165, 1.54) is 17.7 Å².